The first kappa shape index (κ1) is 22.1. The van der Waals surface area contributed by atoms with Gasteiger partial charge in [-0.1, -0.05) is 18.5 Å². The molecular formula is C25H31N3O4+2. The summed E-state index contributed by atoms with van der Waals surface area (Å²) in [6.45, 7) is 6.25. The number of benzene rings is 1. The largest absolute Gasteiger partial charge is 0.491 e. The number of rotatable bonds is 6. The van der Waals surface area contributed by atoms with Crippen LogP contribution in [0.25, 0.3) is 6.08 Å². The second-order valence-electron chi connectivity index (χ2n) is 8.78. The molecule has 1 aromatic heterocycles. The summed E-state index contributed by atoms with van der Waals surface area (Å²) in [5.41, 5.74) is 2.37. The van der Waals surface area contributed by atoms with Crippen LogP contribution >= 0.6 is 0 Å². The fourth-order valence-electron chi connectivity index (χ4n) is 4.40. The van der Waals surface area contributed by atoms with Crippen molar-refractivity contribution in [2.75, 3.05) is 11.9 Å². The van der Waals surface area contributed by atoms with E-state index in [0.29, 0.717) is 29.7 Å². The summed E-state index contributed by atoms with van der Waals surface area (Å²) in [6.07, 6.45) is 5.32. The summed E-state index contributed by atoms with van der Waals surface area (Å²) >= 11 is 0. The van der Waals surface area contributed by atoms with Crippen LogP contribution in [0, 0.1) is 5.92 Å². The molecule has 0 spiro atoms. The number of nitrogens with zero attached hydrogens (tertiary/aromatic N) is 2. The molecule has 0 atom stereocenters. The monoisotopic (exact) mass is 437 g/mol. The van der Waals surface area contributed by atoms with E-state index in [9.17, 15) is 15.1 Å². The van der Waals surface area contributed by atoms with Crippen LogP contribution in [0.4, 0.5) is 5.69 Å². The van der Waals surface area contributed by atoms with Crippen LogP contribution in [0.1, 0.15) is 68.6 Å². The van der Waals surface area contributed by atoms with Gasteiger partial charge in [0.25, 0.3) is 0 Å². The molecule has 1 aliphatic carbocycles. The highest BCUT2D eigenvalue weighted by atomic mass is 16.5. The van der Waals surface area contributed by atoms with E-state index in [2.05, 4.69) is 11.4 Å². The van der Waals surface area contributed by atoms with Crippen molar-refractivity contribution in [2.45, 2.75) is 58.5 Å². The third-order valence-corrected chi connectivity index (χ3v) is 6.16. The molecule has 4 rings (SSSR count). The highest BCUT2D eigenvalue weighted by molar-refractivity contribution is 6.11. The first-order valence-electron chi connectivity index (χ1n) is 11.3. The van der Waals surface area contributed by atoms with Crippen molar-refractivity contribution in [3.63, 3.8) is 0 Å². The van der Waals surface area contributed by atoms with Crippen LogP contribution in [0.3, 0.4) is 0 Å². The summed E-state index contributed by atoms with van der Waals surface area (Å²) in [4.78, 5) is 13.0. The first-order valence-corrected chi connectivity index (χ1v) is 11.3. The highest BCUT2D eigenvalue weighted by Gasteiger charge is 2.31. The molecule has 0 radical (unpaired) electrons. The topological polar surface area (TPSA) is 96.8 Å². The standard InChI is InChI=1S/C25H30N3O4/c1-4-32-24-14-20-17(12-19(26-20)16-8-10-18(29)11-9-16)13-21(24)27-25(30)23-7-5-6-22(15(2)3)28(23)31/h5-7,12-16,18,29H,4,8-11H2,1-3H3,(H,30,31)/q+1/p+1/t16-,18-. The van der Waals surface area contributed by atoms with Gasteiger partial charge in [0.05, 0.1) is 35.6 Å². The Morgan fingerprint density at radius 1 is 1.25 bits per heavy atom. The molecule has 168 valence electrons. The zero-order valence-electron chi connectivity index (χ0n) is 18.8. The molecule has 1 saturated carbocycles. The lowest BCUT2D eigenvalue weighted by Gasteiger charge is -2.20. The molecule has 32 heavy (non-hydrogen) atoms. The van der Waals surface area contributed by atoms with E-state index in [4.69, 9.17) is 9.40 Å². The quantitative estimate of drug-likeness (QED) is 0.362. The van der Waals surface area contributed by atoms with Gasteiger partial charge in [-0.15, -0.1) is 0 Å². The van der Waals surface area contributed by atoms with Crippen LogP contribution < -0.4 is 30.0 Å². The summed E-state index contributed by atoms with van der Waals surface area (Å²) in [6, 6.07) is 8.87. The number of anilines is 1. The van der Waals surface area contributed by atoms with Gasteiger partial charge in [-0.25, -0.2) is 0 Å². The van der Waals surface area contributed by atoms with Gasteiger partial charge in [0.2, 0.25) is 5.69 Å². The number of aliphatic hydroxyl groups excluding tert-OH is 1. The maximum absolute atomic E-state index is 13.0. The maximum Gasteiger partial charge on any atom is 0.338 e. The fraction of sp³-hybridized carbons (Fsp3) is 0.440. The van der Waals surface area contributed by atoms with Crippen LogP contribution in [0.5, 0.6) is 5.75 Å². The number of ether oxygens (including phenoxy) is 1. The Balaban J connectivity index is 1.65. The third-order valence-electron chi connectivity index (χ3n) is 6.16. The van der Waals surface area contributed by atoms with E-state index in [1.54, 1.807) is 18.2 Å². The van der Waals surface area contributed by atoms with Crippen LogP contribution in [-0.4, -0.2) is 34.6 Å². The summed E-state index contributed by atoms with van der Waals surface area (Å²) in [5.74, 6) is 0.530. The van der Waals surface area contributed by atoms with Crippen LogP contribution in [0.15, 0.2) is 30.3 Å². The number of nitrogens with one attached hydrogen (secondary N) is 1. The Hall–Kier alpha value is -3.15. The average Bonchev–Trinajstić information content (AvgIpc) is 3.17. The number of carbonyl (C=O) groups is 1. The van der Waals surface area contributed by atoms with Crippen molar-refractivity contribution in [1.29, 1.82) is 0 Å². The molecule has 1 amide bonds. The molecule has 3 N–H and O–H groups in total. The molecule has 2 aromatic rings. The SMILES string of the molecule is CCOc1cc2c(cc1NC(=O)c1cccc(C(C)C)[n+]1O)=CC([C@H]1CC[C@H](O)CC1)=[N+]=2. The van der Waals surface area contributed by atoms with Gasteiger partial charge in [0.15, 0.2) is 5.75 Å². The van der Waals surface area contributed by atoms with E-state index < -0.39 is 5.91 Å². The minimum Gasteiger partial charge on any atom is -0.491 e. The fourth-order valence-corrected chi connectivity index (χ4v) is 4.40. The second kappa shape index (κ2) is 9.15. The lowest BCUT2D eigenvalue weighted by molar-refractivity contribution is -0.911. The molecule has 1 aromatic carbocycles. The van der Waals surface area contributed by atoms with Gasteiger partial charge in [-0.3, -0.25) is 10.0 Å². The summed E-state index contributed by atoms with van der Waals surface area (Å²) < 4.78 is 11.5. The van der Waals surface area contributed by atoms with Crippen molar-refractivity contribution in [3.05, 3.63) is 52.3 Å². The van der Waals surface area contributed by atoms with Crippen LogP contribution in [-0.2, 0) is 0 Å². The van der Waals surface area contributed by atoms with E-state index in [1.807, 2.05) is 32.9 Å². The number of fused-ring (bicyclic) bond motifs is 1. The number of hydrogen-bond acceptors (Lipinski definition) is 4. The van der Waals surface area contributed by atoms with Crippen molar-refractivity contribution >= 4 is 23.4 Å². The molecule has 2 heterocycles. The van der Waals surface area contributed by atoms with Gasteiger partial charge in [-0.2, -0.15) is 0 Å². The van der Waals surface area contributed by atoms with Crippen molar-refractivity contribution < 1.29 is 24.6 Å². The number of hydrogen-bond donors (Lipinski definition) is 3. The lowest BCUT2D eigenvalue weighted by Crippen LogP contribution is -2.43. The lowest BCUT2D eigenvalue weighted by atomic mass is 9.84. The molecular weight excluding hydrogens is 406 g/mol. The smallest absolute Gasteiger partial charge is 0.338 e. The Morgan fingerprint density at radius 2 is 2.00 bits per heavy atom. The molecule has 7 heteroatoms. The Morgan fingerprint density at radius 3 is 2.69 bits per heavy atom. The number of aliphatic hydroxyl groups is 1. The Bertz CT molecular complexity index is 1190. The molecule has 0 unspecified atom stereocenters. The third kappa shape index (κ3) is 4.40. The van der Waals surface area contributed by atoms with Crippen LogP contribution in [0.2, 0.25) is 0 Å². The maximum atomic E-state index is 13.0. The van der Waals surface area contributed by atoms with Crippen molar-refractivity contribution in [2.24, 2.45) is 5.92 Å². The molecule has 2 aliphatic rings. The molecule has 1 fully saturated rings. The normalized spacial score (nSPS) is 19.6. The predicted octanol–water partition coefficient (Wildman–Crippen LogP) is 1.46. The van der Waals surface area contributed by atoms with Gasteiger partial charge >= 0.3 is 22.7 Å². The van der Waals surface area contributed by atoms with Gasteiger partial charge in [-0.05, 0) is 44.7 Å². The first-order chi connectivity index (χ1) is 15.4. The number of amides is 1. The second-order valence-corrected chi connectivity index (χ2v) is 8.78. The molecule has 1 aliphatic heterocycles. The zero-order chi connectivity index (χ0) is 22.8. The number of carbonyl (C=O) groups excluding carboxylic acids is 1. The zero-order valence-corrected chi connectivity index (χ0v) is 18.8. The van der Waals surface area contributed by atoms with Crippen molar-refractivity contribution in [3.8, 4) is 5.75 Å². The summed E-state index contributed by atoms with van der Waals surface area (Å²) in [5, 5.41) is 25.0. The minimum atomic E-state index is -0.420. The van der Waals surface area contributed by atoms with E-state index in [1.165, 1.54) is 0 Å². The molecule has 7 nitrogen and oxygen atoms in total. The number of aromatic nitrogens is 1. The molecule has 0 saturated heterocycles. The van der Waals surface area contributed by atoms with E-state index in [-0.39, 0.29) is 17.7 Å². The molecule has 0 bridgehead atoms. The average molecular weight is 438 g/mol. The highest BCUT2D eigenvalue weighted by Crippen LogP contribution is 2.26. The Labute approximate surface area is 187 Å². The summed E-state index contributed by atoms with van der Waals surface area (Å²) in [7, 11) is 0. The minimum absolute atomic E-state index is 0.0674. The van der Waals surface area contributed by atoms with Gasteiger partial charge in [0, 0.05) is 28.9 Å². The van der Waals surface area contributed by atoms with Gasteiger partial charge in [0.1, 0.15) is 0 Å². The van der Waals surface area contributed by atoms with Crippen molar-refractivity contribution in [1.82, 2.24) is 4.67 Å². The van der Waals surface area contributed by atoms with E-state index in [0.717, 1.165) is 46.7 Å². The predicted molar refractivity (Wildman–Crippen MR) is 121 cm³/mol. The van der Waals surface area contributed by atoms with E-state index >= 15 is 0 Å². The Kier molecular flexibility index (Phi) is 6.31. The number of pyridine rings is 1. The van der Waals surface area contributed by atoms with Gasteiger partial charge < -0.3 is 15.2 Å².